The Morgan fingerprint density at radius 2 is 1.92 bits per heavy atom. The second-order valence-corrected chi connectivity index (χ2v) is 2.25. The van der Waals surface area contributed by atoms with Crippen LogP contribution in [-0.2, 0) is 9.53 Å². The first-order valence-corrected chi connectivity index (χ1v) is 3.12. The summed E-state index contributed by atoms with van der Waals surface area (Å²) in [7, 11) is 1.12. The zero-order chi connectivity index (χ0) is 9.78. The first kappa shape index (κ1) is 10.2. The van der Waals surface area contributed by atoms with Crippen molar-refractivity contribution in [1.82, 2.24) is 0 Å². The Morgan fingerprint density at radius 1 is 1.50 bits per heavy atom. The van der Waals surface area contributed by atoms with Crippen LogP contribution in [0.25, 0.3) is 0 Å². The lowest BCUT2D eigenvalue weighted by Gasteiger charge is -2.14. The molecule has 0 aromatic heterocycles. The monoisotopic (exact) mass is 164 g/mol. The first-order valence-electron chi connectivity index (χ1n) is 3.12. The van der Waals surface area contributed by atoms with Crippen LogP contribution in [0.1, 0.15) is 6.92 Å². The predicted octanol–water partition coefficient (Wildman–Crippen LogP) is 0.769. The summed E-state index contributed by atoms with van der Waals surface area (Å²) in [6, 6.07) is 3.16. The maximum absolute atomic E-state index is 11.0. The number of esters is 1. The van der Waals surface area contributed by atoms with Crippen molar-refractivity contribution in [2.45, 2.75) is 6.92 Å². The maximum atomic E-state index is 11.0. The van der Waals surface area contributed by atoms with Crippen LogP contribution in [0.4, 0.5) is 0 Å². The second kappa shape index (κ2) is 3.54. The Balaban J connectivity index is 5.18. The molecule has 0 amide bonds. The van der Waals surface area contributed by atoms with E-state index in [2.05, 4.69) is 11.3 Å². The Morgan fingerprint density at radius 3 is 2.00 bits per heavy atom. The van der Waals surface area contributed by atoms with E-state index >= 15 is 0 Å². The molecule has 4 heteroatoms. The van der Waals surface area contributed by atoms with Gasteiger partial charge in [0.05, 0.1) is 7.11 Å². The molecule has 4 nitrogen and oxygen atoms in total. The number of nitriles is 2. The molecule has 0 saturated carbocycles. The van der Waals surface area contributed by atoms with Crippen LogP contribution in [0, 0.1) is 28.1 Å². The average molecular weight is 164 g/mol. The lowest BCUT2D eigenvalue weighted by Crippen LogP contribution is -2.30. The summed E-state index contributed by atoms with van der Waals surface area (Å²) < 4.78 is 4.31. The molecule has 0 aromatic carbocycles. The molecular formula is C8H8N2O2. The van der Waals surface area contributed by atoms with E-state index in [4.69, 9.17) is 10.5 Å². The molecule has 62 valence electrons. The summed E-state index contributed by atoms with van der Waals surface area (Å²) in [6.07, 6.45) is 0. The SMILES string of the molecule is C=C(C)C(C#N)(C#N)C(=O)OC. The summed E-state index contributed by atoms with van der Waals surface area (Å²) in [5, 5.41) is 17.2. The van der Waals surface area contributed by atoms with E-state index in [0.717, 1.165) is 7.11 Å². The van der Waals surface area contributed by atoms with Gasteiger partial charge in [0.1, 0.15) is 12.1 Å². The Bertz CT molecular complexity index is 279. The number of carbonyl (C=O) groups excluding carboxylic acids is 1. The van der Waals surface area contributed by atoms with Gasteiger partial charge in [0.25, 0.3) is 5.41 Å². The fraction of sp³-hybridized carbons (Fsp3) is 0.375. The van der Waals surface area contributed by atoms with Gasteiger partial charge in [0.15, 0.2) is 0 Å². The highest BCUT2D eigenvalue weighted by molar-refractivity contribution is 5.87. The fourth-order valence-electron chi connectivity index (χ4n) is 0.634. The Kier molecular flexibility index (Phi) is 3.01. The second-order valence-electron chi connectivity index (χ2n) is 2.25. The summed E-state index contributed by atoms with van der Waals surface area (Å²) in [5.41, 5.74) is -1.69. The van der Waals surface area contributed by atoms with Gasteiger partial charge >= 0.3 is 5.97 Å². The molecule has 0 aliphatic carbocycles. The molecule has 0 spiro atoms. The molecule has 0 unspecified atom stereocenters. The topological polar surface area (TPSA) is 73.9 Å². The third-order valence-electron chi connectivity index (χ3n) is 1.47. The standard InChI is InChI=1S/C8H8N2O2/c1-6(2)8(4-9,5-10)7(11)12-3/h1H2,2-3H3. The molecule has 0 aliphatic heterocycles. The van der Waals surface area contributed by atoms with Crippen LogP contribution in [0.2, 0.25) is 0 Å². The van der Waals surface area contributed by atoms with Crippen molar-refractivity contribution >= 4 is 5.97 Å². The largest absolute Gasteiger partial charge is 0.467 e. The molecule has 0 heterocycles. The van der Waals surface area contributed by atoms with E-state index in [0.29, 0.717) is 0 Å². The van der Waals surface area contributed by atoms with E-state index in [-0.39, 0.29) is 5.57 Å². The van der Waals surface area contributed by atoms with Crippen molar-refractivity contribution in [1.29, 1.82) is 10.5 Å². The van der Waals surface area contributed by atoms with Gasteiger partial charge in [0, 0.05) is 0 Å². The highest BCUT2D eigenvalue weighted by Crippen LogP contribution is 2.25. The molecule has 0 N–H and O–H groups in total. The number of carbonyl (C=O) groups is 1. The van der Waals surface area contributed by atoms with E-state index in [1.54, 1.807) is 12.1 Å². The molecule has 0 bridgehead atoms. The Hall–Kier alpha value is -1.81. The van der Waals surface area contributed by atoms with E-state index < -0.39 is 11.4 Å². The quantitative estimate of drug-likeness (QED) is 0.446. The smallest absolute Gasteiger partial charge is 0.345 e. The normalized spacial score (nSPS) is 9.33. The number of methoxy groups -OCH3 is 1. The zero-order valence-corrected chi connectivity index (χ0v) is 6.92. The summed E-state index contributed by atoms with van der Waals surface area (Å²) >= 11 is 0. The van der Waals surface area contributed by atoms with Crippen LogP contribution in [0.15, 0.2) is 12.2 Å². The zero-order valence-electron chi connectivity index (χ0n) is 6.92. The number of hydrogen-bond acceptors (Lipinski definition) is 4. The molecule has 0 aliphatic rings. The molecule has 0 fully saturated rings. The van der Waals surface area contributed by atoms with Gasteiger partial charge in [-0.15, -0.1) is 0 Å². The minimum Gasteiger partial charge on any atom is -0.467 e. The van der Waals surface area contributed by atoms with E-state index in [9.17, 15) is 4.79 Å². The van der Waals surface area contributed by atoms with Gasteiger partial charge in [-0.1, -0.05) is 6.58 Å². The number of nitrogens with zero attached hydrogens (tertiary/aromatic N) is 2. The van der Waals surface area contributed by atoms with Crippen LogP contribution < -0.4 is 0 Å². The minimum atomic E-state index is -1.85. The molecule has 12 heavy (non-hydrogen) atoms. The van der Waals surface area contributed by atoms with Crippen LogP contribution >= 0.6 is 0 Å². The van der Waals surface area contributed by atoms with Crippen LogP contribution in [-0.4, -0.2) is 13.1 Å². The molecular weight excluding hydrogens is 156 g/mol. The van der Waals surface area contributed by atoms with Crippen molar-refractivity contribution in [3.05, 3.63) is 12.2 Å². The van der Waals surface area contributed by atoms with E-state index in [1.165, 1.54) is 6.92 Å². The van der Waals surface area contributed by atoms with Crippen LogP contribution in [0.5, 0.6) is 0 Å². The highest BCUT2D eigenvalue weighted by atomic mass is 16.5. The average Bonchev–Trinajstić information content (AvgIpc) is 2.06. The number of ether oxygens (including phenoxy) is 1. The first-order chi connectivity index (χ1) is 5.55. The highest BCUT2D eigenvalue weighted by Gasteiger charge is 2.41. The van der Waals surface area contributed by atoms with Crippen molar-refractivity contribution < 1.29 is 9.53 Å². The van der Waals surface area contributed by atoms with Gasteiger partial charge in [-0.05, 0) is 12.5 Å². The van der Waals surface area contributed by atoms with Gasteiger partial charge in [-0.3, -0.25) is 0 Å². The third kappa shape index (κ3) is 1.28. The lowest BCUT2D eigenvalue weighted by molar-refractivity contribution is -0.145. The molecule has 0 rings (SSSR count). The summed E-state index contributed by atoms with van der Waals surface area (Å²) in [6.45, 7) is 4.83. The van der Waals surface area contributed by atoms with Gasteiger partial charge in [-0.2, -0.15) is 10.5 Å². The third-order valence-corrected chi connectivity index (χ3v) is 1.47. The van der Waals surface area contributed by atoms with Crippen molar-refractivity contribution in [3.8, 4) is 12.1 Å². The lowest BCUT2D eigenvalue weighted by atomic mass is 9.85. The van der Waals surface area contributed by atoms with Gasteiger partial charge in [0.2, 0.25) is 0 Å². The predicted molar refractivity (Wildman–Crippen MR) is 40.5 cm³/mol. The number of hydrogen-bond donors (Lipinski definition) is 0. The molecule has 0 saturated heterocycles. The minimum absolute atomic E-state index is 0.166. The Labute approximate surface area is 70.7 Å². The van der Waals surface area contributed by atoms with E-state index in [1.807, 2.05) is 0 Å². The fourth-order valence-corrected chi connectivity index (χ4v) is 0.634. The molecule has 0 radical (unpaired) electrons. The molecule has 0 aromatic rings. The van der Waals surface area contributed by atoms with Crippen molar-refractivity contribution in [2.24, 2.45) is 5.41 Å². The van der Waals surface area contributed by atoms with Crippen molar-refractivity contribution in [3.63, 3.8) is 0 Å². The van der Waals surface area contributed by atoms with Gasteiger partial charge < -0.3 is 4.74 Å². The van der Waals surface area contributed by atoms with Crippen LogP contribution in [0.3, 0.4) is 0 Å². The van der Waals surface area contributed by atoms with Gasteiger partial charge in [-0.25, -0.2) is 4.79 Å². The van der Waals surface area contributed by atoms with Crippen molar-refractivity contribution in [2.75, 3.05) is 7.11 Å². The maximum Gasteiger partial charge on any atom is 0.345 e. The summed E-state index contributed by atoms with van der Waals surface area (Å²) in [4.78, 5) is 11.0. The molecule has 0 atom stereocenters. The number of rotatable bonds is 2. The summed E-state index contributed by atoms with van der Waals surface area (Å²) in [5.74, 6) is -0.889.